The molecule has 9 aromatic rings. The van der Waals surface area contributed by atoms with Crippen LogP contribution in [-0.2, 0) is 6.54 Å². The second-order valence-electron chi connectivity index (χ2n) is 11.7. The summed E-state index contributed by atoms with van der Waals surface area (Å²) < 4.78 is 4.59. The maximum absolute atomic E-state index is 7.70. The van der Waals surface area contributed by atoms with Gasteiger partial charge in [-0.15, -0.1) is 0 Å². The Morgan fingerprint density at radius 1 is 0.489 bits per heavy atom. The van der Waals surface area contributed by atoms with Crippen molar-refractivity contribution >= 4 is 49.3 Å². The molecule has 0 saturated heterocycles. The molecule has 0 atom stereocenters. The molecule has 0 aliphatic rings. The van der Waals surface area contributed by atoms with Gasteiger partial charge < -0.3 is 4.57 Å². The summed E-state index contributed by atoms with van der Waals surface area (Å²) in [4.78, 5) is 14.9. The molecule has 6 aromatic carbocycles. The van der Waals surface area contributed by atoms with Gasteiger partial charge in [0.15, 0.2) is 11.5 Å². The quantitative estimate of drug-likeness (QED) is 0.184. The van der Waals surface area contributed by atoms with Crippen LogP contribution < -0.4 is 0 Å². The van der Waals surface area contributed by atoms with E-state index in [9.17, 15) is 0 Å². The molecule has 0 N–H and O–H groups in total. The van der Waals surface area contributed by atoms with E-state index in [1.165, 1.54) is 10.8 Å². The summed E-state index contributed by atoms with van der Waals surface area (Å²) in [6.45, 7) is 8.21. The lowest BCUT2D eigenvalue weighted by Crippen LogP contribution is -2.12. The maximum atomic E-state index is 7.70. The van der Waals surface area contributed by atoms with Gasteiger partial charge in [0, 0.05) is 38.3 Å². The molecule has 0 aliphatic heterocycles. The summed E-state index contributed by atoms with van der Waals surface area (Å²) in [6, 6.07) is 52.1. The van der Waals surface area contributed by atoms with E-state index >= 15 is 0 Å². The number of hydrogen-bond acceptors (Lipinski definition) is 2. The minimum Gasteiger partial charge on any atom is -0.334 e. The van der Waals surface area contributed by atoms with Crippen molar-refractivity contribution in [1.82, 2.24) is 19.1 Å². The highest BCUT2D eigenvalue weighted by Crippen LogP contribution is 2.38. The van der Waals surface area contributed by atoms with E-state index in [4.69, 9.17) is 16.5 Å². The Hall–Kier alpha value is -6.51. The first kappa shape index (κ1) is 26.9. The van der Waals surface area contributed by atoms with Gasteiger partial charge in [0.05, 0.1) is 35.5 Å². The first-order valence-corrected chi connectivity index (χ1v) is 15.7. The predicted octanol–water partition coefficient (Wildman–Crippen LogP) is 10.6. The van der Waals surface area contributed by atoms with Crippen molar-refractivity contribution in [2.24, 2.45) is 0 Å². The molecule has 0 spiro atoms. The van der Waals surface area contributed by atoms with Gasteiger partial charge in [-0.3, -0.25) is 4.57 Å². The van der Waals surface area contributed by atoms with Crippen LogP contribution in [0.25, 0.3) is 76.8 Å². The van der Waals surface area contributed by atoms with Crippen molar-refractivity contribution in [2.75, 3.05) is 0 Å². The third kappa shape index (κ3) is 4.31. The Labute approximate surface area is 271 Å². The van der Waals surface area contributed by atoms with Crippen LogP contribution in [0.15, 0.2) is 152 Å². The van der Waals surface area contributed by atoms with Gasteiger partial charge in [-0.1, -0.05) is 121 Å². The lowest BCUT2D eigenvalue weighted by atomic mass is 10.0. The standard InChI is InChI=1S/C42H27N5/c1-43-30-24-25-39-34(26-30)33-20-10-13-23-38(33)47(39)42-35(27-46-36-21-11-8-18-31(36)32-19-9-12-22-37(32)46)44-40(28-14-4-2-5-15-28)41(45-42)29-16-6-3-7-17-29/h2-26H,27H2. The van der Waals surface area contributed by atoms with Crippen molar-refractivity contribution in [3.8, 4) is 28.3 Å². The average molecular weight is 602 g/mol. The topological polar surface area (TPSA) is 40.0 Å². The van der Waals surface area contributed by atoms with E-state index in [2.05, 4.69) is 111 Å². The van der Waals surface area contributed by atoms with E-state index in [1.54, 1.807) is 0 Å². The molecule has 0 radical (unpaired) electrons. The fourth-order valence-electron chi connectivity index (χ4n) is 6.92. The molecule has 0 fully saturated rings. The van der Waals surface area contributed by atoms with Gasteiger partial charge in [0.1, 0.15) is 5.69 Å². The number of benzene rings is 6. The second-order valence-corrected chi connectivity index (χ2v) is 11.7. The third-order valence-electron chi connectivity index (χ3n) is 9.03. The predicted molar refractivity (Wildman–Crippen MR) is 192 cm³/mol. The van der Waals surface area contributed by atoms with Gasteiger partial charge in [0.25, 0.3) is 0 Å². The Balaban J connectivity index is 1.41. The minimum absolute atomic E-state index is 0.513. The number of para-hydroxylation sites is 3. The van der Waals surface area contributed by atoms with Crippen LogP contribution in [-0.4, -0.2) is 19.1 Å². The lowest BCUT2D eigenvalue weighted by molar-refractivity contribution is 0.812. The van der Waals surface area contributed by atoms with E-state index in [0.29, 0.717) is 12.2 Å². The number of aromatic nitrogens is 4. The summed E-state index contributed by atoms with van der Waals surface area (Å²) >= 11 is 0. The van der Waals surface area contributed by atoms with Gasteiger partial charge in [-0.05, 0) is 35.7 Å². The van der Waals surface area contributed by atoms with Gasteiger partial charge in [-0.25, -0.2) is 14.8 Å². The SMILES string of the molecule is [C-]#[N+]c1ccc2c(c1)c1ccccc1n2-c1nc(-c2ccccc2)c(-c2ccccc2)nc1Cn1c2ccccc2c2ccccc21. The molecule has 0 amide bonds. The molecule has 47 heavy (non-hydrogen) atoms. The van der Waals surface area contributed by atoms with E-state index < -0.39 is 0 Å². The smallest absolute Gasteiger partial charge is 0.188 e. The average Bonchev–Trinajstić information content (AvgIpc) is 3.64. The molecule has 0 bridgehead atoms. The Morgan fingerprint density at radius 2 is 0.979 bits per heavy atom. The molecule has 9 rings (SSSR count). The van der Waals surface area contributed by atoms with Crippen molar-refractivity contribution in [1.29, 1.82) is 0 Å². The molecule has 5 nitrogen and oxygen atoms in total. The molecule has 220 valence electrons. The third-order valence-corrected chi connectivity index (χ3v) is 9.03. The Bertz CT molecular complexity index is 2610. The molecule has 5 heteroatoms. The van der Waals surface area contributed by atoms with Crippen molar-refractivity contribution in [2.45, 2.75) is 6.54 Å². The van der Waals surface area contributed by atoms with E-state index in [-0.39, 0.29) is 0 Å². The summed E-state index contributed by atoms with van der Waals surface area (Å²) in [6.07, 6.45) is 0. The summed E-state index contributed by atoms with van der Waals surface area (Å²) in [5, 5.41) is 4.52. The number of hydrogen-bond donors (Lipinski definition) is 0. The second kappa shape index (κ2) is 10.8. The number of nitrogens with zero attached hydrogens (tertiary/aromatic N) is 5. The number of rotatable bonds is 5. The summed E-state index contributed by atoms with van der Waals surface area (Å²) in [5.74, 6) is 0.771. The zero-order valence-electron chi connectivity index (χ0n) is 25.4. The number of fused-ring (bicyclic) bond motifs is 6. The van der Waals surface area contributed by atoms with Crippen LogP contribution in [0, 0.1) is 6.57 Å². The van der Waals surface area contributed by atoms with Crippen molar-refractivity contribution < 1.29 is 0 Å². The van der Waals surface area contributed by atoms with Crippen LogP contribution in [0.3, 0.4) is 0 Å². The monoisotopic (exact) mass is 601 g/mol. The zero-order valence-corrected chi connectivity index (χ0v) is 25.4. The molecular formula is C42H27N5. The molecule has 0 aliphatic carbocycles. The van der Waals surface area contributed by atoms with Gasteiger partial charge in [0.2, 0.25) is 0 Å². The molecule has 3 aromatic heterocycles. The normalized spacial score (nSPS) is 11.5. The molecular weight excluding hydrogens is 574 g/mol. The minimum atomic E-state index is 0.513. The summed E-state index contributed by atoms with van der Waals surface area (Å²) in [5.41, 5.74) is 9.45. The van der Waals surface area contributed by atoms with Crippen LogP contribution in [0.4, 0.5) is 5.69 Å². The largest absolute Gasteiger partial charge is 0.334 e. The van der Waals surface area contributed by atoms with Crippen LogP contribution in [0.1, 0.15) is 5.69 Å². The molecule has 0 unspecified atom stereocenters. The highest BCUT2D eigenvalue weighted by Gasteiger charge is 2.23. The van der Waals surface area contributed by atoms with E-state index in [0.717, 1.165) is 66.9 Å². The molecule has 3 heterocycles. The zero-order chi connectivity index (χ0) is 31.3. The fraction of sp³-hybridized carbons (Fsp3) is 0.0238. The van der Waals surface area contributed by atoms with Crippen LogP contribution in [0.5, 0.6) is 0 Å². The fourth-order valence-corrected chi connectivity index (χ4v) is 6.92. The van der Waals surface area contributed by atoms with E-state index in [1.807, 2.05) is 54.6 Å². The van der Waals surface area contributed by atoms with Crippen LogP contribution >= 0.6 is 0 Å². The maximum Gasteiger partial charge on any atom is 0.188 e. The summed E-state index contributed by atoms with van der Waals surface area (Å²) in [7, 11) is 0. The lowest BCUT2D eigenvalue weighted by Gasteiger charge is -2.18. The van der Waals surface area contributed by atoms with Gasteiger partial charge in [-0.2, -0.15) is 0 Å². The highest BCUT2D eigenvalue weighted by atomic mass is 15.1. The van der Waals surface area contributed by atoms with Crippen molar-refractivity contribution in [3.05, 3.63) is 169 Å². The Morgan fingerprint density at radius 3 is 1.57 bits per heavy atom. The van der Waals surface area contributed by atoms with Crippen LogP contribution in [0.2, 0.25) is 0 Å². The first-order valence-electron chi connectivity index (χ1n) is 15.7. The van der Waals surface area contributed by atoms with Gasteiger partial charge >= 0.3 is 0 Å². The highest BCUT2D eigenvalue weighted by molar-refractivity contribution is 6.10. The molecule has 0 saturated carbocycles. The Kier molecular flexibility index (Phi) is 6.19. The van der Waals surface area contributed by atoms with Crippen molar-refractivity contribution in [3.63, 3.8) is 0 Å². The first-order chi connectivity index (χ1) is 23.3.